The number of hydrogen-bond donors (Lipinski definition) is 1. The van der Waals surface area contributed by atoms with Crippen molar-refractivity contribution >= 4 is 23.0 Å². The van der Waals surface area contributed by atoms with Crippen LogP contribution in [0.1, 0.15) is 5.56 Å². The number of anilines is 1. The van der Waals surface area contributed by atoms with Crippen LogP contribution >= 0.6 is 11.6 Å². The van der Waals surface area contributed by atoms with E-state index in [1.165, 1.54) is 17.7 Å². The van der Waals surface area contributed by atoms with Gasteiger partial charge in [-0.2, -0.15) is 0 Å². The maximum Gasteiger partial charge on any atom is 0.310 e. The molecule has 2 aromatic carbocycles. The Hall–Kier alpha value is -2.35. The standard InChI is InChI=1S/C20H24ClN3O4/c1-15-6-7-16(21)12-19(15)23-10-8-22(9-11-23)13-17(25)14-28-20-5-3-2-4-18(20)24(26)27/h2-7,12,17,25H,8-11,13-14H2,1H3/t17-/m0/s1. The molecule has 28 heavy (non-hydrogen) atoms. The minimum Gasteiger partial charge on any atom is -0.484 e. The minimum absolute atomic E-state index is 0.0124. The number of benzene rings is 2. The van der Waals surface area contributed by atoms with E-state index in [-0.39, 0.29) is 18.0 Å². The molecule has 8 heteroatoms. The summed E-state index contributed by atoms with van der Waals surface area (Å²) < 4.78 is 5.48. The van der Waals surface area contributed by atoms with Crippen molar-refractivity contribution in [1.29, 1.82) is 0 Å². The number of nitro groups is 1. The molecule has 7 nitrogen and oxygen atoms in total. The molecule has 1 aliphatic heterocycles. The van der Waals surface area contributed by atoms with Gasteiger partial charge in [0.25, 0.3) is 0 Å². The summed E-state index contributed by atoms with van der Waals surface area (Å²) >= 11 is 6.12. The highest BCUT2D eigenvalue weighted by Gasteiger charge is 2.22. The highest BCUT2D eigenvalue weighted by Crippen LogP contribution is 2.27. The van der Waals surface area contributed by atoms with Gasteiger partial charge in [-0.15, -0.1) is 0 Å². The van der Waals surface area contributed by atoms with Crippen LogP contribution in [0.3, 0.4) is 0 Å². The fourth-order valence-electron chi connectivity index (χ4n) is 3.36. The van der Waals surface area contributed by atoms with Gasteiger partial charge in [0.2, 0.25) is 0 Å². The fourth-order valence-corrected chi connectivity index (χ4v) is 3.53. The average molecular weight is 406 g/mol. The van der Waals surface area contributed by atoms with Crippen molar-refractivity contribution in [3.05, 3.63) is 63.2 Å². The number of aliphatic hydroxyl groups excluding tert-OH is 1. The predicted molar refractivity (Wildman–Crippen MR) is 109 cm³/mol. The largest absolute Gasteiger partial charge is 0.484 e. The number of para-hydroxylation sites is 2. The van der Waals surface area contributed by atoms with Gasteiger partial charge in [-0.25, -0.2) is 0 Å². The van der Waals surface area contributed by atoms with Gasteiger partial charge in [-0.3, -0.25) is 15.0 Å². The minimum atomic E-state index is -0.723. The van der Waals surface area contributed by atoms with Gasteiger partial charge in [-0.1, -0.05) is 29.8 Å². The summed E-state index contributed by atoms with van der Waals surface area (Å²) in [5.74, 6) is 0.174. The normalized spacial score (nSPS) is 16.0. The molecule has 1 fully saturated rings. The summed E-state index contributed by atoms with van der Waals surface area (Å²) in [6.07, 6.45) is -0.723. The molecule has 0 radical (unpaired) electrons. The summed E-state index contributed by atoms with van der Waals surface area (Å²) in [6, 6.07) is 12.1. The third-order valence-corrected chi connectivity index (χ3v) is 5.08. The van der Waals surface area contributed by atoms with Crippen molar-refractivity contribution in [2.75, 3.05) is 44.2 Å². The van der Waals surface area contributed by atoms with Gasteiger partial charge in [-0.05, 0) is 30.7 Å². The Labute approximate surface area is 169 Å². The first-order chi connectivity index (χ1) is 13.4. The van der Waals surface area contributed by atoms with Crippen LogP contribution in [0.2, 0.25) is 5.02 Å². The van der Waals surface area contributed by atoms with E-state index in [1.54, 1.807) is 12.1 Å². The number of hydrogen-bond acceptors (Lipinski definition) is 6. The van der Waals surface area contributed by atoms with Crippen LogP contribution in [0.15, 0.2) is 42.5 Å². The van der Waals surface area contributed by atoms with Crippen molar-refractivity contribution in [3.8, 4) is 5.75 Å². The molecule has 0 aliphatic carbocycles. The molecule has 1 aliphatic rings. The summed E-state index contributed by atoms with van der Waals surface area (Å²) in [5.41, 5.74) is 2.24. The number of piperazine rings is 1. The van der Waals surface area contributed by atoms with Gasteiger partial charge in [0.15, 0.2) is 5.75 Å². The van der Waals surface area contributed by atoms with Crippen molar-refractivity contribution in [2.45, 2.75) is 13.0 Å². The van der Waals surface area contributed by atoms with Crippen molar-refractivity contribution in [1.82, 2.24) is 4.90 Å². The van der Waals surface area contributed by atoms with E-state index in [9.17, 15) is 15.2 Å². The van der Waals surface area contributed by atoms with E-state index < -0.39 is 11.0 Å². The number of nitrogens with zero attached hydrogens (tertiary/aromatic N) is 3. The molecule has 1 saturated heterocycles. The highest BCUT2D eigenvalue weighted by atomic mass is 35.5. The molecule has 0 amide bonds. The molecule has 0 bridgehead atoms. The number of aryl methyl sites for hydroxylation is 1. The molecule has 150 valence electrons. The van der Waals surface area contributed by atoms with Crippen LogP contribution in [0.5, 0.6) is 5.75 Å². The Morgan fingerprint density at radius 2 is 1.93 bits per heavy atom. The van der Waals surface area contributed by atoms with E-state index >= 15 is 0 Å². The molecule has 1 heterocycles. The van der Waals surface area contributed by atoms with Crippen LogP contribution < -0.4 is 9.64 Å². The quantitative estimate of drug-likeness (QED) is 0.563. The van der Waals surface area contributed by atoms with E-state index in [0.29, 0.717) is 6.54 Å². The lowest BCUT2D eigenvalue weighted by Crippen LogP contribution is -2.49. The number of β-amino-alcohol motifs (C(OH)–C–C–N with tert-alkyl or cyclic N) is 1. The first kappa shape index (κ1) is 20.4. The molecule has 1 N–H and O–H groups in total. The lowest BCUT2D eigenvalue weighted by atomic mass is 10.1. The highest BCUT2D eigenvalue weighted by molar-refractivity contribution is 6.30. The van der Waals surface area contributed by atoms with E-state index in [4.69, 9.17) is 16.3 Å². The van der Waals surface area contributed by atoms with Gasteiger partial charge in [0.05, 0.1) is 4.92 Å². The molecule has 3 rings (SSSR count). The molecule has 0 unspecified atom stereocenters. The van der Waals surface area contributed by atoms with Gasteiger partial charge in [0.1, 0.15) is 12.7 Å². The number of aliphatic hydroxyl groups is 1. The van der Waals surface area contributed by atoms with Crippen LogP contribution in [0.4, 0.5) is 11.4 Å². The maximum absolute atomic E-state index is 11.0. The zero-order chi connectivity index (χ0) is 20.1. The van der Waals surface area contributed by atoms with Gasteiger partial charge >= 0.3 is 5.69 Å². The first-order valence-electron chi connectivity index (χ1n) is 9.22. The average Bonchev–Trinajstić information content (AvgIpc) is 2.69. The van der Waals surface area contributed by atoms with Crippen LogP contribution in [-0.2, 0) is 0 Å². The fraction of sp³-hybridized carbons (Fsp3) is 0.400. The Bertz CT molecular complexity index is 825. The molecule has 2 aromatic rings. The third-order valence-electron chi connectivity index (χ3n) is 4.85. The molecule has 0 spiro atoms. The molecule has 0 saturated carbocycles. The Kier molecular flexibility index (Phi) is 6.72. The first-order valence-corrected chi connectivity index (χ1v) is 9.59. The van der Waals surface area contributed by atoms with Crippen molar-refractivity contribution < 1.29 is 14.8 Å². The monoisotopic (exact) mass is 405 g/mol. The summed E-state index contributed by atoms with van der Waals surface area (Å²) in [6.45, 7) is 5.87. The molecule has 1 atom stereocenters. The Morgan fingerprint density at radius 3 is 2.64 bits per heavy atom. The lowest BCUT2D eigenvalue weighted by molar-refractivity contribution is -0.385. The second-order valence-electron chi connectivity index (χ2n) is 6.91. The smallest absolute Gasteiger partial charge is 0.310 e. The van der Waals surface area contributed by atoms with Crippen LogP contribution in [0, 0.1) is 17.0 Å². The van der Waals surface area contributed by atoms with Crippen LogP contribution in [0.25, 0.3) is 0 Å². The van der Waals surface area contributed by atoms with Crippen LogP contribution in [-0.4, -0.2) is 60.4 Å². The number of rotatable bonds is 7. The Balaban J connectivity index is 1.48. The van der Waals surface area contributed by atoms with E-state index in [1.807, 2.05) is 18.2 Å². The summed E-state index contributed by atoms with van der Waals surface area (Å²) in [5, 5.41) is 22.0. The second-order valence-corrected chi connectivity index (χ2v) is 7.34. The Morgan fingerprint density at radius 1 is 1.21 bits per heavy atom. The van der Waals surface area contributed by atoms with Crippen molar-refractivity contribution in [3.63, 3.8) is 0 Å². The molecule has 0 aromatic heterocycles. The lowest BCUT2D eigenvalue weighted by Gasteiger charge is -2.37. The number of halogens is 1. The van der Waals surface area contributed by atoms with Gasteiger partial charge in [0, 0.05) is 49.5 Å². The molecular formula is C20H24ClN3O4. The van der Waals surface area contributed by atoms with Crippen molar-refractivity contribution in [2.24, 2.45) is 0 Å². The van der Waals surface area contributed by atoms with E-state index in [2.05, 4.69) is 16.7 Å². The number of nitro benzene ring substituents is 1. The zero-order valence-corrected chi connectivity index (χ0v) is 16.5. The SMILES string of the molecule is Cc1ccc(Cl)cc1N1CCN(C[C@H](O)COc2ccccc2[N+](=O)[O-])CC1. The zero-order valence-electron chi connectivity index (χ0n) is 15.8. The second kappa shape index (κ2) is 9.23. The summed E-state index contributed by atoms with van der Waals surface area (Å²) in [4.78, 5) is 15.0. The topological polar surface area (TPSA) is 79.1 Å². The third kappa shape index (κ3) is 5.13. The molecular weight excluding hydrogens is 382 g/mol. The predicted octanol–water partition coefficient (Wildman–Crippen LogP) is 3.12. The number of ether oxygens (including phenoxy) is 1. The summed E-state index contributed by atoms with van der Waals surface area (Å²) in [7, 11) is 0. The van der Waals surface area contributed by atoms with E-state index in [0.717, 1.165) is 36.9 Å². The van der Waals surface area contributed by atoms with Gasteiger partial charge < -0.3 is 14.7 Å². The maximum atomic E-state index is 11.0.